The molecule has 7 nitrogen and oxygen atoms in total. The van der Waals surface area contributed by atoms with Crippen molar-refractivity contribution in [3.63, 3.8) is 0 Å². The summed E-state index contributed by atoms with van der Waals surface area (Å²) >= 11 is 0. The second-order valence-corrected chi connectivity index (χ2v) is 9.48. The van der Waals surface area contributed by atoms with E-state index < -0.39 is 10.0 Å². The van der Waals surface area contributed by atoms with Crippen LogP contribution in [0.5, 0.6) is 0 Å². The van der Waals surface area contributed by atoms with Crippen molar-refractivity contribution < 1.29 is 13.2 Å². The van der Waals surface area contributed by atoms with E-state index in [1.807, 2.05) is 38.1 Å². The smallest absolute Gasteiger partial charge is 0.315 e. The van der Waals surface area contributed by atoms with Gasteiger partial charge in [-0.25, -0.2) is 13.2 Å². The first-order valence-corrected chi connectivity index (χ1v) is 11.4. The van der Waals surface area contributed by atoms with Crippen molar-refractivity contribution >= 4 is 27.4 Å². The summed E-state index contributed by atoms with van der Waals surface area (Å²) in [4.78, 5) is 14.0. The topological polar surface area (TPSA) is 81.8 Å². The van der Waals surface area contributed by atoms with Crippen LogP contribution in [-0.4, -0.2) is 52.9 Å². The Morgan fingerprint density at radius 3 is 2.33 bits per heavy atom. The number of hydrogen-bond donors (Lipinski definition) is 2. The maximum absolute atomic E-state index is 12.2. The summed E-state index contributed by atoms with van der Waals surface area (Å²) in [5.74, 6) is 0.765. The molecule has 1 aromatic rings. The molecule has 27 heavy (non-hydrogen) atoms. The average molecular weight is 397 g/mol. The molecule has 1 aromatic carbocycles. The Morgan fingerprint density at radius 1 is 1.22 bits per heavy atom. The van der Waals surface area contributed by atoms with Crippen LogP contribution in [-0.2, 0) is 10.0 Å². The fourth-order valence-corrected chi connectivity index (χ4v) is 4.09. The lowest BCUT2D eigenvalue weighted by Gasteiger charge is -2.32. The van der Waals surface area contributed by atoms with Gasteiger partial charge in [0, 0.05) is 31.4 Å². The molecule has 2 rings (SSSR count). The SMILES string of the molecule is CC1CCN(c2ccc(N(CCNC(=O)NC(C)C)S(C)(=O)=O)cc2)CC1. The maximum Gasteiger partial charge on any atom is 0.315 e. The van der Waals surface area contributed by atoms with Gasteiger partial charge in [-0.2, -0.15) is 0 Å². The molecule has 8 heteroatoms. The van der Waals surface area contributed by atoms with Gasteiger partial charge in [0.15, 0.2) is 0 Å². The van der Waals surface area contributed by atoms with E-state index >= 15 is 0 Å². The number of piperidine rings is 1. The summed E-state index contributed by atoms with van der Waals surface area (Å²) in [6.45, 7) is 8.50. The Kier molecular flexibility index (Phi) is 7.35. The third kappa shape index (κ3) is 6.61. The van der Waals surface area contributed by atoms with E-state index in [9.17, 15) is 13.2 Å². The molecule has 0 unspecified atom stereocenters. The number of amides is 2. The van der Waals surface area contributed by atoms with Crippen molar-refractivity contribution in [3.05, 3.63) is 24.3 Å². The van der Waals surface area contributed by atoms with E-state index in [1.165, 1.54) is 23.4 Å². The Balaban J connectivity index is 2.01. The minimum atomic E-state index is -3.44. The maximum atomic E-state index is 12.2. The molecule has 0 spiro atoms. The normalized spacial score (nSPS) is 15.7. The molecule has 1 heterocycles. The third-order valence-electron chi connectivity index (χ3n) is 4.71. The molecule has 0 aliphatic carbocycles. The molecular weight excluding hydrogens is 364 g/mol. The highest BCUT2D eigenvalue weighted by Gasteiger charge is 2.19. The van der Waals surface area contributed by atoms with Gasteiger partial charge in [-0.05, 0) is 56.9 Å². The zero-order chi connectivity index (χ0) is 20.0. The standard InChI is InChI=1S/C19H32N4O3S/c1-15(2)21-19(24)20-11-14-23(27(4,25)26)18-7-5-17(6-8-18)22-12-9-16(3)10-13-22/h5-8,15-16H,9-14H2,1-4H3,(H2,20,21,24). The molecule has 2 N–H and O–H groups in total. The second-order valence-electron chi connectivity index (χ2n) is 7.58. The van der Waals surface area contributed by atoms with Crippen LogP contribution in [0.4, 0.5) is 16.2 Å². The van der Waals surface area contributed by atoms with Crippen LogP contribution in [0.2, 0.25) is 0 Å². The predicted octanol–water partition coefficient (Wildman–Crippen LogP) is 2.40. The number of hydrogen-bond acceptors (Lipinski definition) is 4. The lowest BCUT2D eigenvalue weighted by Crippen LogP contribution is -2.43. The Hall–Kier alpha value is -1.96. The zero-order valence-corrected chi connectivity index (χ0v) is 17.6. The monoisotopic (exact) mass is 396 g/mol. The molecule has 2 amide bonds. The van der Waals surface area contributed by atoms with Crippen molar-refractivity contribution in [2.75, 3.05) is 41.6 Å². The lowest BCUT2D eigenvalue weighted by atomic mass is 9.99. The first-order chi connectivity index (χ1) is 12.7. The Labute approximate surface area is 163 Å². The van der Waals surface area contributed by atoms with Gasteiger partial charge in [-0.1, -0.05) is 6.92 Å². The molecule has 0 radical (unpaired) electrons. The van der Waals surface area contributed by atoms with Gasteiger partial charge >= 0.3 is 6.03 Å². The van der Waals surface area contributed by atoms with E-state index in [2.05, 4.69) is 22.5 Å². The van der Waals surface area contributed by atoms with Crippen LogP contribution >= 0.6 is 0 Å². The van der Waals surface area contributed by atoms with E-state index in [0.29, 0.717) is 5.69 Å². The number of nitrogens with one attached hydrogen (secondary N) is 2. The van der Waals surface area contributed by atoms with Crippen molar-refractivity contribution in [1.29, 1.82) is 0 Å². The van der Waals surface area contributed by atoms with Crippen LogP contribution < -0.4 is 19.8 Å². The van der Waals surface area contributed by atoms with Gasteiger partial charge in [0.1, 0.15) is 0 Å². The van der Waals surface area contributed by atoms with Crippen molar-refractivity contribution in [1.82, 2.24) is 10.6 Å². The largest absolute Gasteiger partial charge is 0.372 e. The highest BCUT2D eigenvalue weighted by atomic mass is 32.2. The molecule has 152 valence electrons. The number of anilines is 2. The van der Waals surface area contributed by atoms with E-state index in [0.717, 1.165) is 24.7 Å². The third-order valence-corrected chi connectivity index (χ3v) is 5.90. The van der Waals surface area contributed by atoms with Gasteiger partial charge < -0.3 is 15.5 Å². The van der Waals surface area contributed by atoms with Crippen molar-refractivity contribution in [3.8, 4) is 0 Å². The van der Waals surface area contributed by atoms with Gasteiger partial charge in [-0.3, -0.25) is 4.31 Å². The van der Waals surface area contributed by atoms with Crippen LogP contribution in [0.15, 0.2) is 24.3 Å². The molecule has 1 saturated heterocycles. The number of benzene rings is 1. The number of carbonyl (C=O) groups is 1. The van der Waals surface area contributed by atoms with E-state index in [-0.39, 0.29) is 25.2 Å². The molecule has 0 saturated carbocycles. The van der Waals surface area contributed by atoms with Gasteiger partial charge in [0.25, 0.3) is 0 Å². The quantitative estimate of drug-likeness (QED) is 0.741. The second kappa shape index (κ2) is 9.30. The fourth-order valence-electron chi connectivity index (χ4n) is 3.17. The number of urea groups is 1. The molecule has 1 aliphatic rings. The summed E-state index contributed by atoms with van der Waals surface area (Å²) in [5.41, 5.74) is 1.73. The first-order valence-electron chi connectivity index (χ1n) is 9.54. The summed E-state index contributed by atoms with van der Waals surface area (Å²) in [7, 11) is -3.44. The summed E-state index contributed by atoms with van der Waals surface area (Å²) in [6, 6.07) is 7.35. The van der Waals surface area contributed by atoms with Gasteiger partial charge in [0.2, 0.25) is 10.0 Å². The zero-order valence-electron chi connectivity index (χ0n) is 16.7. The molecular formula is C19H32N4O3S. The minimum Gasteiger partial charge on any atom is -0.372 e. The molecule has 0 atom stereocenters. The van der Waals surface area contributed by atoms with Gasteiger partial charge in [0.05, 0.1) is 18.5 Å². The number of carbonyl (C=O) groups excluding carboxylic acids is 1. The van der Waals surface area contributed by atoms with Crippen LogP contribution in [0.3, 0.4) is 0 Å². The number of rotatable bonds is 7. The summed E-state index contributed by atoms with van der Waals surface area (Å²) in [6.07, 6.45) is 3.55. The lowest BCUT2D eigenvalue weighted by molar-refractivity contribution is 0.239. The Bertz CT molecular complexity index is 711. The van der Waals surface area contributed by atoms with Gasteiger partial charge in [-0.15, -0.1) is 0 Å². The average Bonchev–Trinajstić information content (AvgIpc) is 2.58. The molecule has 1 aliphatic heterocycles. The minimum absolute atomic E-state index is 0.0290. The highest BCUT2D eigenvalue weighted by molar-refractivity contribution is 7.92. The summed E-state index contributed by atoms with van der Waals surface area (Å²) < 4.78 is 25.7. The Morgan fingerprint density at radius 2 is 1.81 bits per heavy atom. The summed E-state index contributed by atoms with van der Waals surface area (Å²) in [5, 5.41) is 5.41. The molecule has 0 aromatic heterocycles. The molecule has 1 fully saturated rings. The van der Waals surface area contributed by atoms with E-state index in [1.54, 1.807) is 0 Å². The predicted molar refractivity (Wildman–Crippen MR) is 111 cm³/mol. The van der Waals surface area contributed by atoms with Crippen LogP contribution in [0.1, 0.15) is 33.6 Å². The number of nitrogens with zero attached hydrogens (tertiary/aromatic N) is 2. The highest BCUT2D eigenvalue weighted by Crippen LogP contribution is 2.26. The fraction of sp³-hybridized carbons (Fsp3) is 0.632. The van der Waals surface area contributed by atoms with Crippen LogP contribution in [0.25, 0.3) is 0 Å². The van der Waals surface area contributed by atoms with E-state index in [4.69, 9.17) is 0 Å². The van der Waals surface area contributed by atoms with Crippen molar-refractivity contribution in [2.45, 2.75) is 39.7 Å². The number of sulfonamides is 1. The van der Waals surface area contributed by atoms with Crippen LogP contribution in [0, 0.1) is 5.92 Å². The first kappa shape index (κ1) is 21.3. The molecule has 0 bridgehead atoms. The van der Waals surface area contributed by atoms with Crippen molar-refractivity contribution in [2.24, 2.45) is 5.92 Å².